The van der Waals surface area contributed by atoms with Gasteiger partial charge in [-0.2, -0.15) is 4.80 Å². The van der Waals surface area contributed by atoms with Crippen molar-refractivity contribution < 1.29 is 0 Å². The second-order valence-electron chi connectivity index (χ2n) is 11.8. The molecule has 8 rings (SSSR count). The molecule has 7 aromatic rings. The first-order valence-electron chi connectivity index (χ1n) is 15.5. The van der Waals surface area contributed by atoms with Gasteiger partial charge in [-0.25, -0.2) is 15.0 Å². The van der Waals surface area contributed by atoms with Crippen molar-refractivity contribution in [3.05, 3.63) is 108 Å². The predicted molar refractivity (Wildman–Crippen MR) is 176 cm³/mol. The highest BCUT2D eigenvalue weighted by atomic mass is 15.6. The van der Waals surface area contributed by atoms with E-state index in [4.69, 9.17) is 15.0 Å². The Bertz CT molecular complexity index is 2120. The van der Waals surface area contributed by atoms with Gasteiger partial charge in [0.25, 0.3) is 0 Å². The van der Waals surface area contributed by atoms with Gasteiger partial charge in [0, 0.05) is 42.4 Å². The number of hydrogen-bond acceptors (Lipinski definition) is 7. The minimum absolute atomic E-state index is 0.492. The predicted octanol–water partition coefficient (Wildman–Crippen LogP) is 6.65. The zero-order valence-electron chi connectivity index (χ0n) is 25.4. The Labute approximate surface area is 261 Å². The Balaban J connectivity index is 1.03. The summed E-state index contributed by atoms with van der Waals surface area (Å²) in [6, 6.07) is 34.0. The highest BCUT2D eigenvalue weighted by Gasteiger charge is 2.23. The number of piperidine rings is 1. The maximum absolute atomic E-state index is 5.13. The normalized spacial score (nSPS) is 14.4. The van der Waals surface area contributed by atoms with Crippen molar-refractivity contribution in [2.75, 3.05) is 13.1 Å². The lowest BCUT2D eigenvalue weighted by atomic mass is 10.0. The highest BCUT2D eigenvalue weighted by molar-refractivity contribution is 5.88. The molecular formula is C36H33N9. The molecule has 0 N–H and O–H groups in total. The van der Waals surface area contributed by atoms with Crippen LogP contribution in [0.5, 0.6) is 0 Å². The molecule has 222 valence electrons. The molecule has 4 aromatic carbocycles. The van der Waals surface area contributed by atoms with Crippen molar-refractivity contribution in [2.24, 2.45) is 7.05 Å². The molecule has 0 atom stereocenters. The van der Waals surface area contributed by atoms with Crippen molar-refractivity contribution in [3.63, 3.8) is 0 Å². The van der Waals surface area contributed by atoms with Crippen molar-refractivity contribution in [1.29, 1.82) is 0 Å². The van der Waals surface area contributed by atoms with Crippen molar-refractivity contribution in [1.82, 2.24) is 44.6 Å². The zero-order valence-corrected chi connectivity index (χ0v) is 25.4. The lowest BCUT2D eigenvalue weighted by molar-refractivity contribution is 0.180. The molecule has 1 aliphatic heterocycles. The molecule has 0 aliphatic carbocycles. The molecule has 0 unspecified atom stereocenters. The lowest BCUT2D eigenvalue weighted by Crippen LogP contribution is -2.34. The first-order valence-corrected chi connectivity index (χ1v) is 15.5. The number of likely N-dealkylation sites (tertiary alicyclic amines) is 1. The minimum atomic E-state index is 0.492. The average molecular weight is 592 g/mol. The molecule has 4 heterocycles. The summed E-state index contributed by atoms with van der Waals surface area (Å²) >= 11 is 0. The van der Waals surface area contributed by atoms with E-state index in [2.05, 4.69) is 92.5 Å². The maximum Gasteiger partial charge on any atom is 0.204 e. The van der Waals surface area contributed by atoms with Crippen LogP contribution in [0.2, 0.25) is 0 Å². The van der Waals surface area contributed by atoms with Crippen LogP contribution in [0.1, 0.15) is 30.3 Å². The Hall–Kier alpha value is -5.28. The number of hydrogen-bond donors (Lipinski definition) is 0. The molecule has 1 saturated heterocycles. The number of nitrogens with zero attached hydrogens (tertiary/aromatic N) is 9. The number of aromatic nitrogens is 8. The zero-order chi connectivity index (χ0) is 30.3. The van der Waals surface area contributed by atoms with E-state index in [1.165, 1.54) is 15.9 Å². The number of fused-ring (bicyclic) bond motifs is 2. The summed E-state index contributed by atoms with van der Waals surface area (Å²) in [5.41, 5.74) is 9.92. The van der Waals surface area contributed by atoms with Crippen LogP contribution in [0.25, 0.3) is 56.0 Å². The van der Waals surface area contributed by atoms with Crippen LogP contribution in [-0.4, -0.2) is 57.7 Å². The Kier molecular flexibility index (Phi) is 6.87. The molecule has 0 radical (unpaired) electrons. The Morgan fingerprint density at radius 3 is 2.13 bits per heavy atom. The van der Waals surface area contributed by atoms with Gasteiger partial charge in [0.1, 0.15) is 5.82 Å². The lowest BCUT2D eigenvalue weighted by Gasteiger charge is -2.33. The van der Waals surface area contributed by atoms with Crippen LogP contribution in [0.4, 0.5) is 0 Å². The minimum Gasteiger partial charge on any atom is -0.325 e. The quantitative estimate of drug-likeness (QED) is 0.214. The van der Waals surface area contributed by atoms with Crippen LogP contribution in [0, 0.1) is 6.92 Å². The summed E-state index contributed by atoms with van der Waals surface area (Å²) in [4.78, 5) is 19.1. The van der Waals surface area contributed by atoms with Crippen LogP contribution < -0.4 is 0 Å². The summed E-state index contributed by atoms with van der Waals surface area (Å²) in [7, 11) is 1.76. The van der Waals surface area contributed by atoms with E-state index in [0.717, 1.165) is 82.9 Å². The molecule has 9 heteroatoms. The van der Waals surface area contributed by atoms with Crippen LogP contribution >= 0.6 is 0 Å². The number of benzene rings is 4. The number of para-hydroxylation sites is 2. The van der Waals surface area contributed by atoms with Gasteiger partial charge in [0.15, 0.2) is 0 Å². The van der Waals surface area contributed by atoms with Gasteiger partial charge in [-0.1, -0.05) is 66.7 Å². The first-order chi connectivity index (χ1) is 22.1. The number of aryl methyl sites for hydroxylation is 2. The second kappa shape index (κ2) is 11.3. The van der Waals surface area contributed by atoms with Crippen LogP contribution in [0.15, 0.2) is 97.1 Å². The van der Waals surface area contributed by atoms with Gasteiger partial charge in [-0.15, -0.1) is 10.2 Å². The maximum atomic E-state index is 5.13. The van der Waals surface area contributed by atoms with Gasteiger partial charge >= 0.3 is 0 Å². The topological polar surface area (TPSA) is 90.4 Å². The molecule has 9 nitrogen and oxygen atoms in total. The molecule has 1 aliphatic rings. The van der Waals surface area contributed by atoms with E-state index in [0.29, 0.717) is 11.9 Å². The van der Waals surface area contributed by atoms with E-state index < -0.39 is 0 Å². The molecule has 0 spiro atoms. The van der Waals surface area contributed by atoms with Gasteiger partial charge in [-0.3, -0.25) is 4.90 Å². The fourth-order valence-corrected chi connectivity index (χ4v) is 6.58. The van der Waals surface area contributed by atoms with Crippen LogP contribution in [-0.2, 0) is 13.6 Å². The molecule has 0 bridgehead atoms. The fourth-order valence-electron chi connectivity index (χ4n) is 6.58. The molecule has 1 fully saturated rings. The summed E-state index contributed by atoms with van der Waals surface area (Å²) in [5, 5.41) is 12.5. The van der Waals surface area contributed by atoms with Gasteiger partial charge in [0.05, 0.1) is 40.5 Å². The van der Waals surface area contributed by atoms with E-state index in [9.17, 15) is 0 Å². The molecule has 0 saturated carbocycles. The largest absolute Gasteiger partial charge is 0.325 e. The smallest absolute Gasteiger partial charge is 0.204 e. The Morgan fingerprint density at radius 1 is 0.689 bits per heavy atom. The number of imidazole rings is 1. The highest BCUT2D eigenvalue weighted by Crippen LogP contribution is 2.33. The van der Waals surface area contributed by atoms with E-state index in [1.54, 1.807) is 7.05 Å². The molecule has 0 amide bonds. The fraction of sp³-hybridized carbons (Fsp3) is 0.222. The third-order valence-corrected chi connectivity index (χ3v) is 8.81. The standard InChI is InChI=1S/C36H33N9/c1-24-37-31-10-6-7-11-33(31)45(24)29-18-20-44(21-19-29)23-25-12-14-27(15-13-25)35-34(26-8-4-3-5-9-26)39-32-22-28(16-17-30(32)38-35)36-40-42-43(2)41-36/h3-17,22,29H,18-21,23H2,1-2H3. The summed E-state index contributed by atoms with van der Waals surface area (Å²) in [6.45, 7) is 5.20. The van der Waals surface area contributed by atoms with Crippen molar-refractivity contribution in [2.45, 2.75) is 32.4 Å². The molecule has 3 aromatic heterocycles. The van der Waals surface area contributed by atoms with Crippen LogP contribution in [0.3, 0.4) is 0 Å². The van der Waals surface area contributed by atoms with Gasteiger partial charge in [-0.05, 0) is 60.9 Å². The Morgan fingerprint density at radius 2 is 1.38 bits per heavy atom. The molecule has 45 heavy (non-hydrogen) atoms. The third-order valence-electron chi connectivity index (χ3n) is 8.81. The third kappa shape index (κ3) is 5.25. The average Bonchev–Trinajstić information content (AvgIpc) is 3.67. The number of rotatable bonds is 6. The molecular weight excluding hydrogens is 558 g/mol. The van der Waals surface area contributed by atoms with E-state index in [1.807, 2.05) is 36.4 Å². The summed E-state index contributed by atoms with van der Waals surface area (Å²) in [5.74, 6) is 1.68. The first kappa shape index (κ1) is 27.3. The van der Waals surface area contributed by atoms with E-state index >= 15 is 0 Å². The summed E-state index contributed by atoms with van der Waals surface area (Å²) < 4.78 is 2.45. The van der Waals surface area contributed by atoms with Crippen molar-refractivity contribution in [3.8, 4) is 33.9 Å². The van der Waals surface area contributed by atoms with Crippen molar-refractivity contribution >= 4 is 22.1 Å². The van der Waals surface area contributed by atoms with Gasteiger partial charge < -0.3 is 4.57 Å². The summed E-state index contributed by atoms with van der Waals surface area (Å²) in [6.07, 6.45) is 2.25. The van der Waals surface area contributed by atoms with Gasteiger partial charge in [0.2, 0.25) is 5.82 Å². The monoisotopic (exact) mass is 591 g/mol. The SMILES string of the molecule is Cc1nc2ccccc2n1C1CCN(Cc2ccc(-c3nc4ccc(-c5nnn(C)n5)cc4nc3-c3ccccc3)cc2)CC1. The number of tetrazole rings is 1. The second-order valence-corrected chi connectivity index (χ2v) is 11.8. The van der Waals surface area contributed by atoms with E-state index in [-0.39, 0.29) is 0 Å².